The lowest BCUT2D eigenvalue weighted by atomic mass is 10.0. The van der Waals surface area contributed by atoms with Gasteiger partial charge in [-0.3, -0.25) is 4.79 Å². The number of hydrogen-bond acceptors (Lipinski definition) is 3. The first-order valence-electron chi connectivity index (χ1n) is 6.24. The number of ether oxygens (including phenoxy) is 1. The molecular weight excluding hydrogens is 204 g/mol. The van der Waals surface area contributed by atoms with Crippen LogP contribution in [0.3, 0.4) is 0 Å². The van der Waals surface area contributed by atoms with Crippen molar-refractivity contribution in [1.29, 1.82) is 0 Å². The van der Waals surface area contributed by atoms with Gasteiger partial charge in [-0.2, -0.15) is 0 Å². The number of nitrogens with one attached hydrogen (secondary N) is 1. The number of rotatable bonds is 5. The van der Waals surface area contributed by atoms with Crippen LogP contribution in [-0.2, 0) is 9.53 Å². The summed E-state index contributed by atoms with van der Waals surface area (Å²) in [6, 6.07) is 0.807. The van der Waals surface area contributed by atoms with E-state index in [-0.39, 0.29) is 5.91 Å². The van der Waals surface area contributed by atoms with Gasteiger partial charge in [-0.15, -0.1) is 0 Å². The lowest BCUT2D eigenvalue weighted by Gasteiger charge is -2.40. The second-order valence-electron chi connectivity index (χ2n) is 4.36. The molecule has 0 aromatic heterocycles. The molecule has 1 fully saturated rings. The molecule has 1 rings (SSSR count). The van der Waals surface area contributed by atoms with Crippen LogP contribution in [-0.4, -0.2) is 49.7 Å². The van der Waals surface area contributed by atoms with E-state index in [1.165, 1.54) is 0 Å². The molecule has 0 bridgehead atoms. The highest BCUT2D eigenvalue weighted by molar-refractivity contribution is 5.76. The van der Waals surface area contributed by atoms with Crippen LogP contribution < -0.4 is 5.32 Å². The normalized spacial score (nSPS) is 25.8. The van der Waals surface area contributed by atoms with Crippen LogP contribution in [0.4, 0.5) is 0 Å². The van der Waals surface area contributed by atoms with Crippen molar-refractivity contribution in [3.8, 4) is 0 Å². The van der Waals surface area contributed by atoms with Crippen LogP contribution in [0.2, 0.25) is 0 Å². The number of piperazine rings is 1. The first-order valence-corrected chi connectivity index (χ1v) is 6.24. The number of methoxy groups -OCH3 is 1. The van der Waals surface area contributed by atoms with Gasteiger partial charge in [-0.25, -0.2) is 0 Å². The molecule has 94 valence electrons. The molecule has 0 saturated carbocycles. The van der Waals surface area contributed by atoms with Crippen molar-refractivity contribution in [2.75, 3.05) is 26.8 Å². The zero-order valence-corrected chi connectivity index (χ0v) is 10.7. The van der Waals surface area contributed by atoms with Crippen molar-refractivity contribution in [2.24, 2.45) is 0 Å². The summed E-state index contributed by atoms with van der Waals surface area (Å²) in [5.41, 5.74) is 0. The van der Waals surface area contributed by atoms with Crippen LogP contribution >= 0.6 is 0 Å². The highest BCUT2D eigenvalue weighted by atomic mass is 16.5. The van der Waals surface area contributed by atoms with E-state index in [2.05, 4.69) is 19.2 Å². The Labute approximate surface area is 98.3 Å². The Morgan fingerprint density at radius 3 is 2.75 bits per heavy atom. The topological polar surface area (TPSA) is 41.6 Å². The largest absolute Gasteiger partial charge is 0.384 e. The minimum atomic E-state index is 0.230. The van der Waals surface area contributed by atoms with Gasteiger partial charge in [-0.05, 0) is 12.8 Å². The fraction of sp³-hybridized carbons (Fsp3) is 0.917. The molecule has 1 aliphatic rings. The molecule has 2 atom stereocenters. The molecule has 0 aromatic rings. The SMILES string of the molecule is CCC1CN(C(=O)CCOC)C(CC)CN1. The number of amides is 1. The summed E-state index contributed by atoms with van der Waals surface area (Å²) in [7, 11) is 1.64. The second kappa shape index (κ2) is 6.86. The first-order chi connectivity index (χ1) is 7.72. The van der Waals surface area contributed by atoms with Crippen LogP contribution in [0.5, 0.6) is 0 Å². The molecule has 1 heterocycles. The van der Waals surface area contributed by atoms with Crippen LogP contribution in [0.25, 0.3) is 0 Å². The molecule has 0 radical (unpaired) electrons. The third kappa shape index (κ3) is 3.46. The molecule has 2 unspecified atom stereocenters. The summed E-state index contributed by atoms with van der Waals surface area (Å²) in [4.78, 5) is 14.0. The Kier molecular flexibility index (Phi) is 5.77. The molecule has 4 heteroatoms. The fourth-order valence-corrected chi connectivity index (χ4v) is 2.14. The van der Waals surface area contributed by atoms with E-state index in [0.29, 0.717) is 25.1 Å². The number of carbonyl (C=O) groups excluding carboxylic acids is 1. The van der Waals surface area contributed by atoms with E-state index in [9.17, 15) is 4.79 Å². The summed E-state index contributed by atoms with van der Waals surface area (Å²) >= 11 is 0. The van der Waals surface area contributed by atoms with Gasteiger partial charge in [0.25, 0.3) is 0 Å². The Morgan fingerprint density at radius 2 is 2.19 bits per heavy atom. The molecule has 0 aromatic carbocycles. The maximum Gasteiger partial charge on any atom is 0.225 e. The maximum atomic E-state index is 12.0. The van der Waals surface area contributed by atoms with Gasteiger partial charge in [0.05, 0.1) is 13.0 Å². The van der Waals surface area contributed by atoms with Gasteiger partial charge < -0.3 is 15.0 Å². The van der Waals surface area contributed by atoms with Crippen LogP contribution in [0, 0.1) is 0 Å². The lowest BCUT2D eigenvalue weighted by molar-refractivity contribution is -0.136. The first kappa shape index (κ1) is 13.5. The Balaban J connectivity index is 2.53. The molecule has 1 saturated heterocycles. The molecule has 1 aliphatic heterocycles. The lowest BCUT2D eigenvalue weighted by Crippen LogP contribution is -2.58. The molecule has 0 spiro atoms. The Morgan fingerprint density at radius 1 is 1.44 bits per heavy atom. The van der Waals surface area contributed by atoms with Crippen LogP contribution in [0.15, 0.2) is 0 Å². The van der Waals surface area contributed by atoms with Crippen molar-refractivity contribution in [3.05, 3.63) is 0 Å². The zero-order chi connectivity index (χ0) is 12.0. The quantitative estimate of drug-likeness (QED) is 0.763. The van der Waals surface area contributed by atoms with Gasteiger partial charge >= 0.3 is 0 Å². The highest BCUT2D eigenvalue weighted by Crippen LogP contribution is 2.13. The molecule has 1 N–H and O–H groups in total. The summed E-state index contributed by atoms with van der Waals surface area (Å²) in [6.07, 6.45) is 2.59. The van der Waals surface area contributed by atoms with E-state index < -0.39 is 0 Å². The van der Waals surface area contributed by atoms with Gasteiger partial charge in [0.1, 0.15) is 0 Å². The maximum absolute atomic E-state index is 12.0. The third-order valence-electron chi connectivity index (χ3n) is 3.30. The van der Waals surface area contributed by atoms with Gasteiger partial charge in [0, 0.05) is 32.3 Å². The Hall–Kier alpha value is -0.610. The minimum Gasteiger partial charge on any atom is -0.384 e. The predicted molar refractivity (Wildman–Crippen MR) is 64.4 cm³/mol. The van der Waals surface area contributed by atoms with E-state index in [0.717, 1.165) is 25.9 Å². The van der Waals surface area contributed by atoms with Gasteiger partial charge in [-0.1, -0.05) is 13.8 Å². The second-order valence-corrected chi connectivity index (χ2v) is 4.36. The van der Waals surface area contributed by atoms with E-state index in [4.69, 9.17) is 4.74 Å². The molecule has 4 nitrogen and oxygen atoms in total. The third-order valence-corrected chi connectivity index (χ3v) is 3.30. The zero-order valence-electron chi connectivity index (χ0n) is 10.7. The van der Waals surface area contributed by atoms with E-state index in [1.54, 1.807) is 7.11 Å². The summed E-state index contributed by atoms with van der Waals surface area (Å²) < 4.78 is 4.96. The number of nitrogens with zero attached hydrogens (tertiary/aromatic N) is 1. The van der Waals surface area contributed by atoms with Crippen molar-refractivity contribution < 1.29 is 9.53 Å². The monoisotopic (exact) mass is 228 g/mol. The van der Waals surface area contributed by atoms with Crippen molar-refractivity contribution in [3.63, 3.8) is 0 Å². The summed E-state index contributed by atoms with van der Waals surface area (Å²) in [6.45, 7) is 6.58. The van der Waals surface area contributed by atoms with Gasteiger partial charge in [0.15, 0.2) is 0 Å². The smallest absolute Gasteiger partial charge is 0.225 e. The van der Waals surface area contributed by atoms with Crippen molar-refractivity contribution in [1.82, 2.24) is 10.2 Å². The Bertz CT molecular complexity index is 221. The molecular formula is C12H24N2O2. The average Bonchev–Trinajstić information content (AvgIpc) is 2.35. The minimum absolute atomic E-state index is 0.230. The average molecular weight is 228 g/mol. The van der Waals surface area contributed by atoms with Crippen molar-refractivity contribution in [2.45, 2.75) is 45.2 Å². The van der Waals surface area contributed by atoms with Gasteiger partial charge in [0.2, 0.25) is 5.91 Å². The van der Waals surface area contributed by atoms with E-state index >= 15 is 0 Å². The number of carbonyl (C=O) groups is 1. The standard InChI is InChI=1S/C12H24N2O2/c1-4-10-9-14(11(5-2)8-13-10)12(15)6-7-16-3/h10-11,13H,4-9H2,1-3H3. The molecule has 0 aliphatic carbocycles. The number of hydrogen-bond donors (Lipinski definition) is 1. The predicted octanol–water partition coefficient (Wildman–Crippen LogP) is 1.01. The highest BCUT2D eigenvalue weighted by Gasteiger charge is 2.28. The molecule has 16 heavy (non-hydrogen) atoms. The van der Waals surface area contributed by atoms with Crippen LogP contribution in [0.1, 0.15) is 33.1 Å². The summed E-state index contributed by atoms with van der Waals surface area (Å²) in [5, 5.41) is 3.49. The van der Waals surface area contributed by atoms with Crippen molar-refractivity contribution >= 4 is 5.91 Å². The summed E-state index contributed by atoms with van der Waals surface area (Å²) in [5.74, 6) is 0.230. The fourth-order valence-electron chi connectivity index (χ4n) is 2.14. The van der Waals surface area contributed by atoms with E-state index in [1.807, 2.05) is 4.90 Å². The molecule has 1 amide bonds.